The van der Waals surface area contributed by atoms with Crippen molar-refractivity contribution in [2.24, 2.45) is 0 Å². The van der Waals surface area contributed by atoms with Crippen LogP contribution in [0.4, 0.5) is 9.18 Å². The molecule has 2 amide bonds. The highest BCUT2D eigenvalue weighted by atomic mass is 35.5. The van der Waals surface area contributed by atoms with Crippen molar-refractivity contribution in [3.8, 4) is 5.75 Å². The second-order valence-corrected chi connectivity index (χ2v) is 9.66. The molecule has 1 saturated heterocycles. The number of nitrogens with zero attached hydrogens (tertiary/aromatic N) is 2. The van der Waals surface area contributed by atoms with Crippen molar-refractivity contribution in [1.29, 1.82) is 0 Å². The fourth-order valence-electron chi connectivity index (χ4n) is 3.69. The smallest absolute Gasteiger partial charge is 0.407 e. The highest BCUT2D eigenvalue weighted by Gasteiger charge is 2.31. The number of halogens is 2. The van der Waals surface area contributed by atoms with Gasteiger partial charge in [-0.2, -0.15) is 0 Å². The fraction of sp³-hybridized carbons (Fsp3) is 0.440. The van der Waals surface area contributed by atoms with Crippen molar-refractivity contribution in [2.75, 3.05) is 32.8 Å². The van der Waals surface area contributed by atoms with Crippen molar-refractivity contribution >= 4 is 23.6 Å². The Morgan fingerprint density at radius 2 is 1.76 bits per heavy atom. The van der Waals surface area contributed by atoms with Crippen LogP contribution in [0.25, 0.3) is 0 Å². The van der Waals surface area contributed by atoms with E-state index in [9.17, 15) is 14.0 Å². The third kappa shape index (κ3) is 8.18. The molecule has 1 heterocycles. The lowest BCUT2D eigenvalue weighted by molar-refractivity contribution is -0.138. The van der Waals surface area contributed by atoms with E-state index in [-0.39, 0.29) is 30.9 Å². The summed E-state index contributed by atoms with van der Waals surface area (Å²) < 4.78 is 24.2. The predicted molar refractivity (Wildman–Crippen MR) is 128 cm³/mol. The Balaban J connectivity index is 1.63. The third-order valence-electron chi connectivity index (χ3n) is 5.26. The van der Waals surface area contributed by atoms with E-state index < -0.39 is 11.7 Å². The standard InChI is InChI=1S/C25H31ClFN3O4/c1-25(2,3)34-24(32)28-14-21-16-29(15-18-4-8-20(27)9-5-18)12-13-30(21)23(31)17-33-22-10-6-19(26)7-11-22/h4-11,21H,12-17H2,1-3H3,(H,28,32). The summed E-state index contributed by atoms with van der Waals surface area (Å²) in [5.74, 6) is 0.0998. The van der Waals surface area contributed by atoms with Gasteiger partial charge in [-0.05, 0) is 62.7 Å². The number of amides is 2. The molecule has 0 bridgehead atoms. The molecule has 1 N–H and O–H groups in total. The minimum atomic E-state index is -0.618. The zero-order valence-electron chi connectivity index (χ0n) is 19.7. The number of alkyl carbamates (subject to hydrolysis) is 1. The maximum Gasteiger partial charge on any atom is 0.407 e. The van der Waals surface area contributed by atoms with Crippen LogP contribution in [0.1, 0.15) is 26.3 Å². The number of carbonyl (C=O) groups is 2. The first-order valence-electron chi connectivity index (χ1n) is 11.2. The molecule has 0 aromatic heterocycles. The second kappa shape index (κ2) is 11.5. The SMILES string of the molecule is CC(C)(C)OC(=O)NCC1CN(Cc2ccc(F)cc2)CCN1C(=O)COc1ccc(Cl)cc1. The summed E-state index contributed by atoms with van der Waals surface area (Å²) in [4.78, 5) is 29.1. The monoisotopic (exact) mass is 491 g/mol. The molecule has 1 aliphatic rings. The van der Waals surface area contributed by atoms with Gasteiger partial charge < -0.3 is 19.7 Å². The van der Waals surface area contributed by atoms with Crippen LogP contribution in [0.5, 0.6) is 5.75 Å². The lowest BCUT2D eigenvalue weighted by Crippen LogP contribution is -2.59. The van der Waals surface area contributed by atoms with Crippen molar-refractivity contribution in [2.45, 2.75) is 39.0 Å². The molecule has 0 aliphatic carbocycles. The number of hydrogen-bond donors (Lipinski definition) is 1. The summed E-state index contributed by atoms with van der Waals surface area (Å²) >= 11 is 5.90. The van der Waals surface area contributed by atoms with E-state index in [1.165, 1.54) is 12.1 Å². The van der Waals surface area contributed by atoms with Gasteiger partial charge in [0.2, 0.25) is 0 Å². The van der Waals surface area contributed by atoms with Crippen LogP contribution in [0, 0.1) is 5.82 Å². The van der Waals surface area contributed by atoms with Crippen LogP contribution in [0.3, 0.4) is 0 Å². The zero-order chi connectivity index (χ0) is 24.7. The van der Waals surface area contributed by atoms with Gasteiger partial charge in [-0.25, -0.2) is 9.18 Å². The second-order valence-electron chi connectivity index (χ2n) is 9.23. The van der Waals surface area contributed by atoms with E-state index in [0.29, 0.717) is 37.0 Å². The Bertz CT molecular complexity index is 964. The highest BCUT2D eigenvalue weighted by molar-refractivity contribution is 6.30. The molecule has 1 unspecified atom stereocenters. The van der Waals surface area contributed by atoms with Gasteiger partial charge in [0.25, 0.3) is 5.91 Å². The molecule has 0 radical (unpaired) electrons. The zero-order valence-corrected chi connectivity index (χ0v) is 20.5. The van der Waals surface area contributed by atoms with E-state index >= 15 is 0 Å². The van der Waals surface area contributed by atoms with Gasteiger partial charge in [-0.1, -0.05) is 23.7 Å². The molecular weight excluding hydrogens is 461 g/mol. The number of benzene rings is 2. The first-order valence-corrected chi connectivity index (χ1v) is 11.6. The number of carbonyl (C=O) groups excluding carboxylic acids is 2. The van der Waals surface area contributed by atoms with Gasteiger partial charge in [-0.15, -0.1) is 0 Å². The van der Waals surface area contributed by atoms with Gasteiger partial charge in [-0.3, -0.25) is 9.69 Å². The summed E-state index contributed by atoms with van der Waals surface area (Å²) in [5.41, 5.74) is 0.360. The van der Waals surface area contributed by atoms with Crippen LogP contribution in [0.2, 0.25) is 5.02 Å². The summed E-state index contributed by atoms with van der Waals surface area (Å²) in [5, 5.41) is 3.37. The Labute approximate surface area is 204 Å². The maximum atomic E-state index is 13.2. The number of rotatable bonds is 7. The van der Waals surface area contributed by atoms with Crippen molar-refractivity contribution in [1.82, 2.24) is 15.1 Å². The van der Waals surface area contributed by atoms with Crippen LogP contribution in [0.15, 0.2) is 48.5 Å². The average Bonchev–Trinajstić information content (AvgIpc) is 2.77. The van der Waals surface area contributed by atoms with Crippen molar-refractivity contribution in [3.05, 3.63) is 64.9 Å². The van der Waals surface area contributed by atoms with Crippen LogP contribution in [-0.2, 0) is 16.1 Å². The molecule has 1 aliphatic heterocycles. The lowest BCUT2D eigenvalue weighted by Gasteiger charge is -2.41. The average molecular weight is 492 g/mol. The molecule has 7 nitrogen and oxygen atoms in total. The number of ether oxygens (including phenoxy) is 2. The van der Waals surface area contributed by atoms with E-state index in [2.05, 4.69) is 10.2 Å². The van der Waals surface area contributed by atoms with Gasteiger partial charge in [0, 0.05) is 37.7 Å². The minimum Gasteiger partial charge on any atom is -0.484 e. The quantitative estimate of drug-likeness (QED) is 0.631. The van der Waals surface area contributed by atoms with Gasteiger partial charge in [0.05, 0.1) is 6.04 Å². The molecule has 9 heteroatoms. The molecular formula is C25H31ClFN3O4. The summed E-state index contributed by atoms with van der Waals surface area (Å²) in [7, 11) is 0. The number of piperazine rings is 1. The normalized spacial score (nSPS) is 16.7. The molecule has 0 spiro atoms. The maximum absolute atomic E-state index is 13.2. The van der Waals surface area contributed by atoms with E-state index in [1.807, 2.05) is 0 Å². The highest BCUT2D eigenvalue weighted by Crippen LogP contribution is 2.18. The fourth-order valence-corrected chi connectivity index (χ4v) is 3.81. The molecule has 184 valence electrons. The number of nitrogens with one attached hydrogen (secondary N) is 1. The largest absolute Gasteiger partial charge is 0.484 e. The third-order valence-corrected chi connectivity index (χ3v) is 5.52. The molecule has 34 heavy (non-hydrogen) atoms. The molecule has 1 atom stereocenters. The Morgan fingerprint density at radius 3 is 2.41 bits per heavy atom. The van der Waals surface area contributed by atoms with E-state index in [4.69, 9.17) is 21.1 Å². The topological polar surface area (TPSA) is 71.1 Å². The molecule has 2 aromatic carbocycles. The van der Waals surface area contributed by atoms with E-state index in [0.717, 1.165) is 5.56 Å². The first-order chi connectivity index (χ1) is 16.1. The van der Waals surface area contributed by atoms with Gasteiger partial charge in [0.15, 0.2) is 6.61 Å². The van der Waals surface area contributed by atoms with Crippen molar-refractivity contribution in [3.63, 3.8) is 0 Å². The summed E-state index contributed by atoms with van der Waals surface area (Å²) in [6, 6.07) is 12.9. The number of hydrogen-bond acceptors (Lipinski definition) is 5. The molecule has 2 aromatic rings. The predicted octanol–water partition coefficient (Wildman–Crippen LogP) is 4.10. The summed E-state index contributed by atoms with van der Waals surface area (Å²) in [6.07, 6.45) is -0.534. The van der Waals surface area contributed by atoms with E-state index in [1.54, 1.807) is 62.1 Å². The molecule has 0 saturated carbocycles. The van der Waals surface area contributed by atoms with Gasteiger partial charge in [0.1, 0.15) is 17.2 Å². The minimum absolute atomic E-state index is 0.122. The lowest BCUT2D eigenvalue weighted by atomic mass is 10.1. The Morgan fingerprint density at radius 1 is 1.09 bits per heavy atom. The first kappa shape index (κ1) is 25.8. The summed E-state index contributed by atoms with van der Waals surface area (Å²) in [6.45, 7) is 7.78. The Kier molecular flexibility index (Phi) is 8.74. The molecule has 1 fully saturated rings. The van der Waals surface area contributed by atoms with Crippen LogP contribution < -0.4 is 10.1 Å². The van der Waals surface area contributed by atoms with Gasteiger partial charge >= 0.3 is 6.09 Å². The van der Waals surface area contributed by atoms with Crippen molar-refractivity contribution < 1.29 is 23.5 Å². The molecule has 3 rings (SSSR count). The Hall–Kier alpha value is -2.84. The van der Waals surface area contributed by atoms with Crippen LogP contribution >= 0.6 is 11.6 Å². The van der Waals surface area contributed by atoms with Crippen LogP contribution in [-0.4, -0.2) is 66.2 Å².